The van der Waals surface area contributed by atoms with Gasteiger partial charge in [-0.3, -0.25) is 4.79 Å². The second-order valence-electron chi connectivity index (χ2n) is 4.48. The minimum absolute atomic E-state index is 0.181. The van der Waals surface area contributed by atoms with Crippen LogP contribution >= 0.6 is 0 Å². The summed E-state index contributed by atoms with van der Waals surface area (Å²) in [6, 6.07) is 3.44. The van der Waals surface area contributed by atoms with Gasteiger partial charge in [-0.1, -0.05) is 19.9 Å². The molecule has 0 bridgehead atoms. The molecular formula is C13H18O3. The van der Waals surface area contributed by atoms with Gasteiger partial charge < -0.3 is 10.2 Å². The van der Waals surface area contributed by atoms with Gasteiger partial charge in [0.2, 0.25) is 0 Å². The number of rotatable bonds is 3. The van der Waals surface area contributed by atoms with E-state index in [1.165, 1.54) is 0 Å². The van der Waals surface area contributed by atoms with Crippen LogP contribution in [0.3, 0.4) is 0 Å². The van der Waals surface area contributed by atoms with Crippen molar-refractivity contribution in [2.75, 3.05) is 0 Å². The van der Waals surface area contributed by atoms with Crippen LogP contribution in [0.1, 0.15) is 49.3 Å². The summed E-state index contributed by atoms with van der Waals surface area (Å²) in [5, 5.41) is 18.8. The number of aryl methyl sites for hydroxylation is 1. The zero-order valence-corrected chi connectivity index (χ0v) is 10.1. The lowest BCUT2D eigenvalue weighted by molar-refractivity contribution is -0.138. The zero-order valence-electron chi connectivity index (χ0n) is 10.1. The average molecular weight is 222 g/mol. The monoisotopic (exact) mass is 222 g/mol. The highest BCUT2D eigenvalue weighted by Crippen LogP contribution is 2.31. The van der Waals surface area contributed by atoms with Gasteiger partial charge in [0.1, 0.15) is 5.75 Å². The summed E-state index contributed by atoms with van der Waals surface area (Å²) in [6.07, 6.45) is 0. The molecule has 0 aliphatic rings. The van der Waals surface area contributed by atoms with E-state index in [0.29, 0.717) is 0 Å². The van der Waals surface area contributed by atoms with E-state index in [1.807, 2.05) is 20.8 Å². The Hall–Kier alpha value is -1.51. The second kappa shape index (κ2) is 4.56. The molecular weight excluding hydrogens is 204 g/mol. The molecule has 0 radical (unpaired) electrons. The van der Waals surface area contributed by atoms with E-state index < -0.39 is 11.9 Å². The van der Waals surface area contributed by atoms with Crippen molar-refractivity contribution >= 4 is 5.97 Å². The summed E-state index contributed by atoms with van der Waals surface area (Å²) < 4.78 is 0. The second-order valence-corrected chi connectivity index (χ2v) is 4.48. The van der Waals surface area contributed by atoms with Crippen LogP contribution < -0.4 is 0 Å². The molecule has 3 heteroatoms. The molecule has 1 unspecified atom stereocenters. The maximum atomic E-state index is 11.0. The quantitative estimate of drug-likeness (QED) is 0.826. The predicted octanol–water partition coefficient (Wildman–Crippen LogP) is 3.01. The number of carboxylic acids is 1. The Balaban J connectivity index is 3.30. The van der Waals surface area contributed by atoms with Crippen LogP contribution in [0.5, 0.6) is 5.75 Å². The Labute approximate surface area is 95.7 Å². The van der Waals surface area contributed by atoms with Crippen molar-refractivity contribution in [3.63, 3.8) is 0 Å². The summed E-state index contributed by atoms with van der Waals surface area (Å²) in [5.74, 6) is -0.962. The fourth-order valence-corrected chi connectivity index (χ4v) is 1.79. The fourth-order valence-electron chi connectivity index (χ4n) is 1.79. The maximum absolute atomic E-state index is 11.0. The number of aromatic hydroxyl groups is 1. The van der Waals surface area contributed by atoms with Gasteiger partial charge >= 0.3 is 5.97 Å². The lowest BCUT2D eigenvalue weighted by atomic mass is 9.90. The van der Waals surface area contributed by atoms with Crippen LogP contribution in [-0.2, 0) is 4.79 Å². The van der Waals surface area contributed by atoms with Gasteiger partial charge in [-0.05, 0) is 42.5 Å². The van der Waals surface area contributed by atoms with Gasteiger partial charge in [-0.15, -0.1) is 0 Å². The van der Waals surface area contributed by atoms with E-state index >= 15 is 0 Å². The first-order chi connectivity index (χ1) is 7.34. The predicted molar refractivity (Wildman–Crippen MR) is 63.0 cm³/mol. The SMILES string of the molecule is Cc1cc(O)c(C(C)C)cc1C(C)C(=O)O. The molecule has 1 aromatic rings. The first kappa shape index (κ1) is 12.6. The Morgan fingerprint density at radius 1 is 1.19 bits per heavy atom. The van der Waals surface area contributed by atoms with Gasteiger partial charge in [0, 0.05) is 0 Å². The van der Waals surface area contributed by atoms with Gasteiger partial charge in [-0.25, -0.2) is 0 Å². The molecule has 0 saturated heterocycles. The van der Waals surface area contributed by atoms with Crippen molar-refractivity contribution in [3.05, 3.63) is 28.8 Å². The molecule has 1 atom stereocenters. The Kier molecular flexibility index (Phi) is 3.58. The minimum atomic E-state index is -0.844. The third-order valence-electron chi connectivity index (χ3n) is 2.87. The maximum Gasteiger partial charge on any atom is 0.310 e. The summed E-state index contributed by atoms with van der Waals surface area (Å²) >= 11 is 0. The molecule has 1 aromatic carbocycles. The van der Waals surface area contributed by atoms with Gasteiger partial charge in [0.05, 0.1) is 5.92 Å². The molecule has 0 heterocycles. The largest absolute Gasteiger partial charge is 0.508 e. The number of carbonyl (C=O) groups is 1. The molecule has 0 amide bonds. The molecule has 0 saturated carbocycles. The van der Waals surface area contributed by atoms with Gasteiger partial charge in [-0.2, -0.15) is 0 Å². The van der Waals surface area contributed by atoms with Crippen molar-refractivity contribution in [2.45, 2.75) is 39.5 Å². The lowest BCUT2D eigenvalue weighted by Crippen LogP contribution is -2.09. The van der Waals surface area contributed by atoms with E-state index in [9.17, 15) is 9.90 Å². The smallest absolute Gasteiger partial charge is 0.310 e. The van der Waals surface area contributed by atoms with E-state index in [1.54, 1.807) is 19.1 Å². The third kappa shape index (κ3) is 2.35. The summed E-state index contributed by atoms with van der Waals surface area (Å²) in [6.45, 7) is 7.42. The topological polar surface area (TPSA) is 57.5 Å². The highest BCUT2D eigenvalue weighted by Gasteiger charge is 2.18. The molecule has 2 N–H and O–H groups in total. The van der Waals surface area contributed by atoms with Crippen molar-refractivity contribution < 1.29 is 15.0 Å². The number of hydrogen-bond donors (Lipinski definition) is 2. The van der Waals surface area contributed by atoms with Crippen molar-refractivity contribution in [1.29, 1.82) is 0 Å². The first-order valence-electron chi connectivity index (χ1n) is 5.40. The zero-order chi connectivity index (χ0) is 12.5. The average Bonchev–Trinajstić information content (AvgIpc) is 2.16. The number of aliphatic carboxylic acids is 1. The van der Waals surface area contributed by atoms with Crippen molar-refractivity contribution in [3.8, 4) is 5.75 Å². The lowest BCUT2D eigenvalue weighted by Gasteiger charge is -2.16. The standard InChI is InChI=1S/C13H18O3/c1-7(2)10-6-11(9(4)13(15)16)8(3)5-12(10)14/h5-7,9,14H,1-4H3,(H,15,16). The molecule has 3 nitrogen and oxygen atoms in total. The van der Waals surface area contributed by atoms with Crippen LogP contribution in [0, 0.1) is 6.92 Å². The highest BCUT2D eigenvalue weighted by molar-refractivity contribution is 5.76. The number of phenols is 1. The number of phenolic OH excluding ortho intramolecular Hbond substituents is 1. The first-order valence-corrected chi connectivity index (χ1v) is 5.40. The number of benzene rings is 1. The molecule has 0 aromatic heterocycles. The molecule has 0 spiro atoms. The van der Waals surface area contributed by atoms with Crippen LogP contribution in [-0.4, -0.2) is 16.2 Å². The number of carboxylic acid groups (broad SMARTS) is 1. The fraction of sp³-hybridized carbons (Fsp3) is 0.462. The summed E-state index contributed by atoms with van der Waals surface area (Å²) in [5.41, 5.74) is 2.39. The van der Waals surface area contributed by atoms with Crippen LogP contribution in [0.4, 0.5) is 0 Å². The van der Waals surface area contributed by atoms with E-state index in [-0.39, 0.29) is 11.7 Å². The van der Waals surface area contributed by atoms with Crippen LogP contribution in [0.15, 0.2) is 12.1 Å². The van der Waals surface area contributed by atoms with E-state index in [2.05, 4.69) is 0 Å². The number of hydrogen-bond acceptors (Lipinski definition) is 2. The molecule has 0 aliphatic carbocycles. The van der Waals surface area contributed by atoms with Gasteiger partial charge in [0.25, 0.3) is 0 Å². The summed E-state index contributed by atoms with van der Waals surface area (Å²) in [7, 11) is 0. The minimum Gasteiger partial charge on any atom is -0.508 e. The Morgan fingerprint density at radius 3 is 2.19 bits per heavy atom. The van der Waals surface area contributed by atoms with Crippen molar-refractivity contribution in [2.24, 2.45) is 0 Å². The molecule has 0 aliphatic heterocycles. The van der Waals surface area contributed by atoms with E-state index in [4.69, 9.17) is 5.11 Å². The molecule has 1 rings (SSSR count). The Morgan fingerprint density at radius 2 is 1.75 bits per heavy atom. The van der Waals surface area contributed by atoms with Crippen LogP contribution in [0.2, 0.25) is 0 Å². The van der Waals surface area contributed by atoms with E-state index in [0.717, 1.165) is 16.7 Å². The van der Waals surface area contributed by atoms with Gasteiger partial charge in [0.15, 0.2) is 0 Å². The molecule has 16 heavy (non-hydrogen) atoms. The van der Waals surface area contributed by atoms with Crippen LogP contribution in [0.25, 0.3) is 0 Å². The normalized spacial score (nSPS) is 12.8. The summed E-state index contributed by atoms with van der Waals surface area (Å²) in [4.78, 5) is 11.0. The third-order valence-corrected chi connectivity index (χ3v) is 2.87. The molecule has 88 valence electrons. The van der Waals surface area contributed by atoms with Crippen molar-refractivity contribution in [1.82, 2.24) is 0 Å². The Bertz CT molecular complexity index is 408. The highest BCUT2D eigenvalue weighted by atomic mass is 16.4. The molecule has 0 fully saturated rings.